The Morgan fingerprint density at radius 1 is 1.07 bits per heavy atom. The van der Waals surface area contributed by atoms with Gasteiger partial charge in [0.15, 0.2) is 5.69 Å². The van der Waals surface area contributed by atoms with E-state index in [1.807, 2.05) is 6.92 Å². The summed E-state index contributed by atoms with van der Waals surface area (Å²) in [4.78, 5) is 26.8. The summed E-state index contributed by atoms with van der Waals surface area (Å²) in [6.45, 7) is 8.50. The van der Waals surface area contributed by atoms with Gasteiger partial charge in [0.2, 0.25) is 0 Å². The number of esters is 2. The number of aryl methyl sites for hydroxylation is 1. The second kappa shape index (κ2) is 11.2. The van der Waals surface area contributed by atoms with Gasteiger partial charge in [0, 0.05) is 21.5 Å². The van der Waals surface area contributed by atoms with Crippen molar-refractivity contribution >= 4 is 67.7 Å². The lowest BCUT2D eigenvalue weighted by Crippen LogP contribution is -2.24. The van der Waals surface area contributed by atoms with Crippen molar-refractivity contribution in [3.63, 3.8) is 0 Å². The van der Waals surface area contributed by atoms with Crippen LogP contribution in [0.4, 0.5) is 0 Å². The summed E-state index contributed by atoms with van der Waals surface area (Å²) in [5.41, 5.74) is 0.0574. The van der Waals surface area contributed by atoms with E-state index < -0.39 is 27.6 Å². The molecular weight excluding hydrogens is 577 g/mol. The summed E-state index contributed by atoms with van der Waals surface area (Å²) in [7, 11) is -4.39. The van der Waals surface area contributed by atoms with E-state index in [0.717, 1.165) is 9.54 Å². The molecule has 0 aliphatic rings. The first-order chi connectivity index (χ1) is 18.7. The van der Waals surface area contributed by atoms with Gasteiger partial charge in [0.05, 0.1) is 40.1 Å². The molecule has 0 amide bonds. The fraction of sp³-hybridized carbons (Fsp3) is 0.241. The second-order valence-electron chi connectivity index (χ2n) is 9.92. The van der Waals surface area contributed by atoms with Crippen LogP contribution in [0.2, 0.25) is 10.0 Å². The first-order valence-corrected chi connectivity index (χ1v) is 14.4. The van der Waals surface area contributed by atoms with Gasteiger partial charge in [-0.15, -0.1) is 0 Å². The predicted molar refractivity (Wildman–Crippen MR) is 154 cm³/mol. The Labute approximate surface area is 242 Å². The fourth-order valence-corrected chi connectivity index (χ4v) is 6.18. The first-order valence-electron chi connectivity index (χ1n) is 12.2. The number of carbonyl (C=O) groups is 2. The molecule has 2 aromatic carbocycles. The zero-order valence-corrected chi connectivity index (χ0v) is 24.8. The highest BCUT2D eigenvalue weighted by Gasteiger charge is 2.33. The largest absolute Gasteiger partial charge is 0.472 e. The van der Waals surface area contributed by atoms with Crippen LogP contribution in [0.5, 0.6) is 0 Å². The highest BCUT2D eigenvalue weighted by Crippen LogP contribution is 2.39. The van der Waals surface area contributed by atoms with Gasteiger partial charge in [-0.05, 0) is 71.0 Å². The van der Waals surface area contributed by atoms with Crippen LogP contribution >= 0.6 is 23.2 Å². The summed E-state index contributed by atoms with van der Waals surface area (Å²) >= 11 is 13.0. The number of rotatable bonds is 7. The molecule has 4 rings (SSSR count). The predicted octanol–water partition coefficient (Wildman–Crippen LogP) is 7.15. The molecular formula is C29H27Cl2NO7S. The summed E-state index contributed by atoms with van der Waals surface area (Å²) in [6, 6.07) is 10.5. The van der Waals surface area contributed by atoms with E-state index >= 15 is 0 Å². The van der Waals surface area contributed by atoms with Gasteiger partial charge < -0.3 is 13.9 Å². The molecule has 0 N–H and O–H groups in total. The molecule has 0 spiro atoms. The van der Waals surface area contributed by atoms with Gasteiger partial charge in [0.1, 0.15) is 5.60 Å². The third-order valence-corrected chi connectivity index (χ3v) is 7.99. The Bertz CT molecular complexity index is 1730. The molecule has 0 fully saturated rings. The van der Waals surface area contributed by atoms with Crippen molar-refractivity contribution in [2.75, 3.05) is 6.61 Å². The molecule has 2 aromatic heterocycles. The molecule has 8 nitrogen and oxygen atoms in total. The summed E-state index contributed by atoms with van der Waals surface area (Å²) in [6.07, 6.45) is 4.06. The minimum atomic E-state index is -4.39. The number of carbonyl (C=O) groups excluding carboxylic acids is 2. The molecule has 0 atom stereocenters. The lowest BCUT2D eigenvalue weighted by atomic mass is 10.0. The van der Waals surface area contributed by atoms with Crippen LogP contribution in [0.15, 0.2) is 64.3 Å². The number of fused-ring (bicyclic) bond motifs is 1. The SMILES string of the molecule is CCOC(=O)c1c(/C=C(/C(=O)OC(C)(C)C)c2ccoc2)c2c(Cl)cc(Cl)cc2n1S(=O)(=O)c1ccc(C)cc1. The van der Waals surface area contributed by atoms with Crippen molar-refractivity contribution in [2.24, 2.45) is 0 Å². The molecule has 4 aromatic rings. The normalized spacial score (nSPS) is 12.5. The van der Waals surface area contributed by atoms with Crippen molar-refractivity contribution in [1.29, 1.82) is 0 Å². The molecule has 40 heavy (non-hydrogen) atoms. The Morgan fingerprint density at radius 3 is 2.33 bits per heavy atom. The zero-order valence-electron chi connectivity index (χ0n) is 22.4. The second-order valence-corrected chi connectivity index (χ2v) is 12.5. The van der Waals surface area contributed by atoms with E-state index in [9.17, 15) is 18.0 Å². The average molecular weight is 605 g/mol. The topological polar surface area (TPSA) is 105 Å². The number of hydrogen-bond donors (Lipinski definition) is 0. The maximum atomic E-state index is 14.1. The number of ether oxygens (including phenoxy) is 2. The summed E-state index contributed by atoms with van der Waals surface area (Å²) in [5, 5.41) is 0.380. The number of benzene rings is 2. The average Bonchev–Trinajstić information content (AvgIpc) is 3.48. The minimum absolute atomic E-state index is 0.00650. The number of nitrogens with zero attached hydrogens (tertiary/aromatic N) is 1. The van der Waals surface area contributed by atoms with Gasteiger partial charge >= 0.3 is 11.9 Å². The van der Waals surface area contributed by atoms with E-state index in [4.69, 9.17) is 37.1 Å². The van der Waals surface area contributed by atoms with Crippen molar-refractivity contribution < 1.29 is 31.9 Å². The van der Waals surface area contributed by atoms with Crippen molar-refractivity contribution in [2.45, 2.75) is 45.1 Å². The molecule has 11 heteroatoms. The van der Waals surface area contributed by atoms with Gasteiger partial charge in [-0.1, -0.05) is 40.9 Å². The van der Waals surface area contributed by atoms with E-state index in [0.29, 0.717) is 5.56 Å². The van der Waals surface area contributed by atoms with E-state index in [-0.39, 0.29) is 49.3 Å². The Morgan fingerprint density at radius 2 is 1.75 bits per heavy atom. The third-order valence-electron chi connectivity index (χ3n) is 5.75. The molecule has 0 saturated heterocycles. The van der Waals surface area contributed by atoms with Crippen LogP contribution < -0.4 is 0 Å². The molecule has 210 valence electrons. The van der Waals surface area contributed by atoms with Crippen LogP contribution in [0.25, 0.3) is 22.6 Å². The lowest BCUT2D eigenvalue weighted by Gasteiger charge is -2.20. The highest BCUT2D eigenvalue weighted by molar-refractivity contribution is 7.90. The van der Waals surface area contributed by atoms with Crippen LogP contribution in [-0.2, 0) is 24.3 Å². The maximum absolute atomic E-state index is 14.1. The Balaban J connectivity index is 2.17. The van der Waals surface area contributed by atoms with Crippen LogP contribution in [-0.4, -0.2) is 36.5 Å². The Hall–Kier alpha value is -3.53. The van der Waals surface area contributed by atoms with Crippen LogP contribution in [0.1, 0.15) is 54.9 Å². The van der Waals surface area contributed by atoms with Gasteiger partial charge in [-0.2, -0.15) is 0 Å². The summed E-state index contributed by atoms with van der Waals surface area (Å²) < 4.78 is 45.2. The maximum Gasteiger partial charge on any atom is 0.356 e. The fourth-order valence-electron chi connectivity index (χ4n) is 4.09. The lowest BCUT2D eigenvalue weighted by molar-refractivity contribution is -0.147. The summed E-state index contributed by atoms with van der Waals surface area (Å²) in [5.74, 6) is -1.67. The van der Waals surface area contributed by atoms with Crippen molar-refractivity contribution in [3.05, 3.63) is 87.4 Å². The number of furan rings is 1. The molecule has 0 saturated carbocycles. The van der Waals surface area contributed by atoms with E-state index in [2.05, 4.69) is 0 Å². The molecule has 0 radical (unpaired) electrons. The van der Waals surface area contributed by atoms with Gasteiger partial charge in [-0.3, -0.25) is 0 Å². The Kier molecular flexibility index (Phi) is 8.21. The molecule has 0 aliphatic carbocycles. The third kappa shape index (κ3) is 5.82. The van der Waals surface area contributed by atoms with E-state index in [1.165, 1.54) is 42.9 Å². The minimum Gasteiger partial charge on any atom is -0.472 e. The molecule has 0 unspecified atom stereocenters. The quantitative estimate of drug-likeness (QED) is 0.163. The van der Waals surface area contributed by atoms with Crippen LogP contribution in [0, 0.1) is 6.92 Å². The van der Waals surface area contributed by atoms with Crippen molar-refractivity contribution in [1.82, 2.24) is 3.97 Å². The number of hydrogen-bond acceptors (Lipinski definition) is 7. The number of aromatic nitrogens is 1. The van der Waals surface area contributed by atoms with Gasteiger partial charge in [0.25, 0.3) is 10.0 Å². The van der Waals surface area contributed by atoms with E-state index in [1.54, 1.807) is 45.9 Å². The highest BCUT2D eigenvalue weighted by atomic mass is 35.5. The zero-order chi connectivity index (χ0) is 29.4. The molecule has 0 bridgehead atoms. The standard InChI is InChI=1S/C29H27Cl2NO7S/c1-6-38-28(34)26-22(15-21(18-11-12-37-16-18)27(33)39-29(3,4)5)25-23(31)13-19(30)14-24(25)32(26)40(35,36)20-9-7-17(2)8-10-20/h7-16H,6H2,1-5H3/b21-15+. The van der Waals surface area contributed by atoms with Crippen LogP contribution in [0.3, 0.4) is 0 Å². The van der Waals surface area contributed by atoms with Gasteiger partial charge in [-0.25, -0.2) is 22.0 Å². The molecule has 2 heterocycles. The molecule has 0 aliphatic heterocycles. The van der Waals surface area contributed by atoms with Crippen molar-refractivity contribution in [3.8, 4) is 0 Å². The number of halogens is 2. The first kappa shape index (κ1) is 29.5. The smallest absolute Gasteiger partial charge is 0.356 e. The monoisotopic (exact) mass is 603 g/mol.